The number of phenolic OH excluding ortho intramolecular Hbond substituents is 2. The summed E-state index contributed by atoms with van der Waals surface area (Å²) in [4.78, 5) is 4.14. The summed E-state index contributed by atoms with van der Waals surface area (Å²) in [5, 5.41) is 20.4. The van der Waals surface area contributed by atoms with E-state index in [0.29, 0.717) is 31.1 Å². The third-order valence-corrected chi connectivity index (χ3v) is 5.98. The average molecular weight is 499 g/mol. The van der Waals surface area contributed by atoms with Crippen LogP contribution in [-0.2, 0) is 13.1 Å². The molecule has 0 aliphatic carbocycles. The Kier molecular flexibility index (Phi) is 8.76. The van der Waals surface area contributed by atoms with Crippen molar-refractivity contribution in [3.8, 4) is 23.0 Å². The zero-order chi connectivity index (χ0) is 26.0. The van der Waals surface area contributed by atoms with Gasteiger partial charge in [0.1, 0.15) is 23.0 Å². The summed E-state index contributed by atoms with van der Waals surface area (Å²) in [6.07, 6.45) is 0.649. The number of ether oxygens (including phenoxy) is 2. The van der Waals surface area contributed by atoms with Crippen molar-refractivity contribution in [3.05, 3.63) is 108 Å². The molecule has 6 heteroatoms. The van der Waals surface area contributed by atoms with Gasteiger partial charge in [0.05, 0.1) is 13.2 Å². The molecule has 4 rings (SSSR count). The smallest absolute Gasteiger partial charge is 0.125 e. The molecule has 0 bridgehead atoms. The van der Waals surface area contributed by atoms with Crippen LogP contribution in [0.5, 0.6) is 23.0 Å². The number of phenols is 2. The Balaban J connectivity index is 1.27. The summed E-state index contributed by atoms with van der Waals surface area (Å²) in [7, 11) is 3.97. The third kappa shape index (κ3) is 7.84. The predicted molar refractivity (Wildman–Crippen MR) is 149 cm³/mol. The molecular weight excluding hydrogens is 464 g/mol. The standard InChI is InChI=1S/C31H34N2O4/c1-32(22-24-10-5-3-6-11-24)26-16-28(34)20-30(18-26)36-14-9-15-37-31-19-27(17-29(35)21-31)33(2)23-25-12-7-4-8-13-25/h3-8,10-13,16-21,34-35H,9,14-15,22-23H2,1-2H3. The Morgan fingerprint density at radius 3 is 1.38 bits per heavy atom. The molecule has 0 atom stereocenters. The molecule has 4 aromatic rings. The van der Waals surface area contributed by atoms with Gasteiger partial charge in [-0.1, -0.05) is 60.7 Å². The van der Waals surface area contributed by atoms with Crippen LogP contribution in [0.2, 0.25) is 0 Å². The highest BCUT2D eigenvalue weighted by atomic mass is 16.5. The molecule has 192 valence electrons. The largest absolute Gasteiger partial charge is 0.508 e. The second kappa shape index (κ2) is 12.6. The predicted octanol–water partition coefficient (Wildman–Crippen LogP) is 6.22. The van der Waals surface area contributed by atoms with E-state index in [-0.39, 0.29) is 11.5 Å². The lowest BCUT2D eigenvalue weighted by Gasteiger charge is -2.21. The van der Waals surface area contributed by atoms with Crippen molar-refractivity contribution in [1.29, 1.82) is 0 Å². The van der Waals surface area contributed by atoms with Gasteiger partial charge in [-0.15, -0.1) is 0 Å². The number of hydrogen-bond acceptors (Lipinski definition) is 6. The van der Waals surface area contributed by atoms with Gasteiger partial charge in [0, 0.05) is 81.4 Å². The molecule has 0 saturated heterocycles. The molecule has 4 aromatic carbocycles. The van der Waals surface area contributed by atoms with Crippen LogP contribution in [0.15, 0.2) is 97.1 Å². The minimum atomic E-state index is 0.163. The average Bonchev–Trinajstić information content (AvgIpc) is 2.89. The quantitative estimate of drug-likeness (QED) is 0.226. The first-order valence-electron chi connectivity index (χ1n) is 12.4. The zero-order valence-corrected chi connectivity index (χ0v) is 21.4. The fourth-order valence-corrected chi connectivity index (χ4v) is 4.08. The minimum absolute atomic E-state index is 0.163. The van der Waals surface area contributed by atoms with Crippen molar-refractivity contribution >= 4 is 11.4 Å². The molecular formula is C31H34N2O4. The topological polar surface area (TPSA) is 65.4 Å². The maximum absolute atomic E-state index is 10.2. The van der Waals surface area contributed by atoms with Crippen LogP contribution >= 0.6 is 0 Å². The molecule has 0 unspecified atom stereocenters. The molecule has 0 fully saturated rings. The third-order valence-electron chi connectivity index (χ3n) is 5.98. The van der Waals surface area contributed by atoms with Crippen LogP contribution in [0, 0.1) is 0 Å². The van der Waals surface area contributed by atoms with E-state index in [0.717, 1.165) is 24.5 Å². The number of hydrogen-bond donors (Lipinski definition) is 2. The molecule has 0 radical (unpaired) electrons. The van der Waals surface area contributed by atoms with E-state index in [2.05, 4.69) is 34.1 Å². The SMILES string of the molecule is CN(Cc1ccccc1)c1cc(O)cc(OCCCOc2cc(O)cc(N(C)Cc3ccccc3)c2)c1. The summed E-state index contributed by atoms with van der Waals surface area (Å²) in [6, 6.07) is 30.9. The van der Waals surface area contributed by atoms with Crippen molar-refractivity contribution in [1.82, 2.24) is 0 Å². The molecule has 0 amide bonds. The first-order chi connectivity index (χ1) is 18.0. The van der Waals surface area contributed by atoms with Crippen molar-refractivity contribution < 1.29 is 19.7 Å². The summed E-state index contributed by atoms with van der Waals surface area (Å²) < 4.78 is 11.8. The van der Waals surface area contributed by atoms with Gasteiger partial charge in [-0.2, -0.15) is 0 Å². The van der Waals surface area contributed by atoms with E-state index >= 15 is 0 Å². The highest BCUT2D eigenvalue weighted by Crippen LogP contribution is 2.29. The lowest BCUT2D eigenvalue weighted by atomic mass is 10.2. The van der Waals surface area contributed by atoms with E-state index < -0.39 is 0 Å². The molecule has 2 N–H and O–H groups in total. The van der Waals surface area contributed by atoms with Crippen molar-refractivity contribution in [3.63, 3.8) is 0 Å². The Morgan fingerprint density at radius 2 is 0.973 bits per heavy atom. The first kappa shape index (κ1) is 25.8. The Labute approximate surface area is 218 Å². The van der Waals surface area contributed by atoms with Gasteiger partial charge in [0.15, 0.2) is 0 Å². The molecule has 37 heavy (non-hydrogen) atoms. The van der Waals surface area contributed by atoms with Crippen LogP contribution in [-0.4, -0.2) is 37.5 Å². The van der Waals surface area contributed by atoms with Crippen LogP contribution in [0.25, 0.3) is 0 Å². The minimum Gasteiger partial charge on any atom is -0.508 e. The first-order valence-corrected chi connectivity index (χ1v) is 12.4. The van der Waals surface area contributed by atoms with Crippen molar-refractivity contribution in [2.75, 3.05) is 37.1 Å². The maximum atomic E-state index is 10.2. The van der Waals surface area contributed by atoms with Gasteiger partial charge in [0.25, 0.3) is 0 Å². The van der Waals surface area contributed by atoms with Gasteiger partial charge in [0.2, 0.25) is 0 Å². The lowest BCUT2D eigenvalue weighted by Crippen LogP contribution is -2.16. The van der Waals surface area contributed by atoms with Gasteiger partial charge in [-0.05, 0) is 11.1 Å². The fourth-order valence-electron chi connectivity index (χ4n) is 4.08. The Hall–Kier alpha value is -4.32. The Bertz CT molecular complexity index is 1170. The van der Waals surface area contributed by atoms with E-state index in [1.807, 2.05) is 62.6 Å². The van der Waals surface area contributed by atoms with Gasteiger partial charge in [-0.3, -0.25) is 0 Å². The Morgan fingerprint density at radius 1 is 0.568 bits per heavy atom. The highest BCUT2D eigenvalue weighted by molar-refractivity contribution is 5.56. The normalized spacial score (nSPS) is 10.6. The molecule has 0 aliphatic rings. The van der Waals surface area contributed by atoms with Gasteiger partial charge >= 0.3 is 0 Å². The summed E-state index contributed by atoms with van der Waals surface area (Å²) >= 11 is 0. The highest BCUT2D eigenvalue weighted by Gasteiger charge is 2.09. The summed E-state index contributed by atoms with van der Waals surface area (Å²) in [5.74, 6) is 1.54. The van der Waals surface area contributed by atoms with E-state index in [9.17, 15) is 10.2 Å². The lowest BCUT2D eigenvalue weighted by molar-refractivity contribution is 0.246. The van der Waals surface area contributed by atoms with Crippen LogP contribution in [0.4, 0.5) is 11.4 Å². The molecule has 0 saturated carbocycles. The van der Waals surface area contributed by atoms with E-state index in [1.54, 1.807) is 24.3 Å². The zero-order valence-electron chi connectivity index (χ0n) is 21.4. The van der Waals surface area contributed by atoms with E-state index in [1.165, 1.54) is 11.1 Å². The van der Waals surface area contributed by atoms with Crippen LogP contribution in [0.3, 0.4) is 0 Å². The number of rotatable bonds is 12. The van der Waals surface area contributed by atoms with Crippen molar-refractivity contribution in [2.45, 2.75) is 19.5 Å². The van der Waals surface area contributed by atoms with Gasteiger partial charge < -0.3 is 29.5 Å². The fraction of sp³-hybridized carbons (Fsp3) is 0.226. The molecule has 0 aliphatic heterocycles. The molecule has 0 aromatic heterocycles. The number of aromatic hydroxyl groups is 2. The summed E-state index contributed by atoms with van der Waals surface area (Å²) in [6.45, 7) is 2.32. The van der Waals surface area contributed by atoms with Crippen LogP contribution in [0.1, 0.15) is 17.5 Å². The van der Waals surface area contributed by atoms with E-state index in [4.69, 9.17) is 9.47 Å². The molecule has 0 spiro atoms. The van der Waals surface area contributed by atoms with Crippen molar-refractivity contribution in [2.24, 2.45) is 0 Å². The molecule has 6 nitrogen and oxygen atoms in total. The maximum Gasteiger partial charge on any atom is 0.125 e. The summed E-state index contributed by atoms with van der Waals surface area (Å²) in [5.41, 5.74) is 4.13. The number of benzene rings is 4. The van der Waals surface area contributed by atoms with Gasteiger partial charge in [-0.25, -0.2) is 0 Å². The number of anilines is 2. The second-order valence-electron chi connectivity index (χ2n) is 9.10. The second-order valence-corrected chi connectivity index (χ2v) is 9.10. The monoisotopic (exact) mass is 498 g/mol. The molecule has 0 heterocycles. The number of nitrogens with zero attached hydrogens (tertiary/aromatic N) is 2. The van der Waals surface area contributed by atoms with Crippen LogP contribution < -0.4 is 19.3 Å².